The van der Waals surface area contributed by atoms with Gasteiger partial charge in [0.2, 0.25) is 5.91 Å². The Bertz CT molecular complexity index is 718. The Kier molecular flexibility index (Phi) is 4.39. The number of amides is 1. The minimum Gasteiger partial charge on any atom is -0.302 e. The van der Waals surface area contributed by atoms with Gasteiger partial charge in [-0.2, -0.15) is 0 Å². The van der Waals surface area contributed by atoms with Crippen molar-refractivity contribution >= 4 is 22.4 Å². The van der Waals surface area contributed by atoms with E-state index in [-0.39, 0.29) is 11.8 Å². The van der Waals surface area contributed by atoms with Gasteiger partial charge in [-0.3, -0.25) is 4.79 Å². The van der Waals surface area contributed by atoms with Gasteiger partial charge in [0.15, 0.2) is 5.13 Å². The minimum absolute atomic E-state index is 0.0824. The van der Waals surface area contributed by atoms with Crippen LogP contribution in [0.1, 0.15) is 30.4 Å². The maximum atomic E-state index is 12.2. The highest BCUT2D eigenvalue weighted by Crippen LogP contribution is 2.27. The third-order valence-electron chi connectivity index (χ3n) is 4.18. The van der Waals surface area contributed by atoms with Gasteiger partial charge in [0.1, 0.15) is 0 Å². The fraction of sp³-hybridized carbons (Fsp3) is 0.333. The Morgan fingerprint density at radius 1 is 1.27 bits per heavy atom. The van der Waals surface area contributed by atoms with E-state index in [1.54, 1.807) is 0 Å². The van der Waals surface area contributed by atoms with Gasteiger partial charge in [0, 0.05) is 16.9 Å². The Morgan fingerprint density at radius 3 is 2.86 bits per heavy atom. The highest BCUT2D eigenvalue weighted by atomic mass is 32.1. The molecule has 0 radical (unpaired) electrons. The van der Waals surface area contributed by atoms with Gasteiger partial charge in [-0.15, -0.1) is 11.3 Å². The summed E-state index contributed by atoms with van der Waals surface area (Å²) >= 11 is 1.49. The average Bonchev–Trinajstić information content (AvgIpc) is 2.99. The molecule has 3 nitrogen and oxygen atoms in total. The molecule has 1 aliphatic rings. The van der Waals surface area contributed by atoms with Crippen LogP contribution < -0.4 is 5.32 Å². The highest BCUT2D eigenvalue weighted by molar-refractivity contribution is 7.14. The lowest BCUT2D eigenvalue weighted by Crippen LogP contribution is -2.23. The summed E-state index contributed by atoms with van der Waals surface area (Å²) in [5.41, 5.74) is 4.55. The summed E-state index contributed by atoms with van der Waals surface area (Å²) in [6.07, 6.45) is 6.99. The largest absolute Gasteiger partial charge is 0.302 e. The molecule has 1 amide bonds. The van der Waals surface area contributed by atoms with Crippen molar-refractivity contribution in [2.75, 3.05) is 5.32 Å². The van der Waals surface area contributed by atoms with Crippen LogP contribution in [0.3, 0.4) is 0 Å². The summed E-state index contributed by atoms with van der Waals surface area (Å²) in [5, 5.41) is 5.65. The second-order valence-electron chi connectivity index (χ2n) is 5.81. The molecule has 1 aromatic carbocycles. The van der Waals surface area contributed by atoms with Gasteiger partial charge in [-0.1, -0.05) is 24.3 Å². The molecule has 0 spiro atoms. The molecule has 3 rings (SSSR count). The third kappa shape index (κ3) is 3.28. The van der Waals surface area contributed by atoms with E-state index >= 15 is 0 Å². The van der Waals surface area contributed by atoms with Crippen LogP contribution in [0.25, 0.3) is 11.3 Å². The fourth-order valence-corrected chi connectivity index (χ4v) is 3.33. The van der Waals surface area contributed by atoms with Gasteiger partial charge in [-0.25, -0.2) is 4.98 Å². The topological polar surface area (TPSA) is 42.0 Å². The van der Waals surface area contributed by atoms with Crippen LogP contribution in [-0.2, 0) is 4.79 Å². The molecule has 1 unspecified atom stereocenters. The number of carbonyl (C=O) groups excluding carboxylic acids is 1. The van der Waals surface area contributed by atoms with E-state index in [9.17, 15) is 4.79 Å². The van der Waals surface area contributed by atoms with E-state index in [4.69, 9.17) is 0 Å². The number of allylic oxidation sites excluding steroid dienone is 2. The molecule has 114 valence electrons. The molecule has 1 heterocycles. The van der Waals surface area contributed by atoms with Crippen molar-refractivity contribution in [2.24, 2.45) is 5.92 Å². The zero-order valence-electron chi connectivity index (χ0n) is 12.9. The number of carbonyl (C=O) groups is 1. The summed E-state index contributed by atoms with van der Waals surface area (Å²) in [7, 11) is 0. The first kappa shape index (κ1) is 15.0. The van der Waals surface area contributed by atoms with Crippen molar-refractivity contribution in [3.8, 4) is 11.3 Å². The predicted octanol–water partition coefficient (Wildman–Crippen LogP) is 4.72. The number of anilines is 1. The first-order valence-corrected chi connectivity index (χ1v) is 8.50. The molecule has 0 fully saturated rings. The molecule has 0 aliphatic heterocycles. The highest BCUT2D eigenvalue weighted by Gasteiger charge is 2.19. The Balaban J connectivity index is 1.72. The zero-order chi connectivity index (χ0) is 15.5. The molecule has 1 aromatic heterocycles. The zero-order valence-corrected chi connectivity index (χ0v) is 13.7. The predicted molar refractivity (Wildman–Crippen MR) is 92.1 cm³/mol. The number of hydrogen-bond donors (Lipinski definition) is 1. The molecule has 4 heteroatoms. The van der Waals surface area contributed by atoms with Crippen molar-refractivity contribution in [3.05, 3.63) is 46.9 Å². The van der Waals surface area contributed by atoms with Crippen LogP contribution >= 0.6 is 11.3 Å². The SMILES string of the molecule is Cc1ccc(-c2csc(NC(=O)C3CC=CCC3)n2)cc1C. The van der Waals surface area contributed by atoms with Gasteiger partial charge in [-0.05, 0) is 50.3 Å². The molecular weight excluding hydrogens is 292 g/mol. The molecule has 1 atom stereocenters. The first-order chi connectivity index (χ1) is 10.6. The molecule has 22 heavy (non-hydrogen) atoms. The van der Waals surface area contributed by atoms with E-state index in [0.717, 1.165) is 30.5 Å². The first-order valence-electron chi connectivity index (χ1n) is 7.62. The molecular formula is C18H20N2OS. The second-order valence-corrected chi connectivity index (χ2v) is 6.67. The summed E-state index contributed by atoms with van der Waals surface area (Å²) in [5.74, 6) is 0.171. The standard InChI is InChI=1S/C18H20N2OS/c1-12-8-9-15(10-13(12)2)16-11-22-18(19-16)20-17(21)14-6-4-3-5-7-14/h3-4,8-11,14H,5-7H2,1-2H3,(H,19,20,21). The third-order valence-corrected chi connectivity index (χ3v) is 4.93. The van der Waals surface area contributed by atoms with Crippen LogP contribution in [0, 0.1) is 19.8 Å². The Labute approximate surface area is 135 Å². The maximum absolute atomic E-state index is 12.2. The normalized spacial score (nSPS) is 17.5. The van der Waals surface area contributed by atoms with Crippen LogP contribution in [0.2, 0.25) is 0 Å². The minimum atomic E-state index is 0.0824. The van der Waals surface area contributed by atoms with Crippen LogP contribution in [0.15, 0.2) is 35.7 Å². The Hall–Kier alpha value is -1.94. The summed E-state index contributed by atoms with van der Waals surface area (Å²) in [6.45, 7) is 4.20. The molecule has 1 aliphatic carbocycles. The lowest BCUT2D eigenvalue weighted by atomic mass is 9.94. The number of thiazole rings is 1. The van der Waals surface area contributed by atoms with E-state index in [2.05, 4.69) is 54.5 Å². The van der Waals surface area contributed by atoms with Crippen LogP contribution in [0.5, 0.6) is 0 Å². The van der Waals surface area contributed by atoms with Crippen molar-refractivity contribution in [3.63, 3.8) is 0 Å². The van der Waals surface area contributed by atoms with E-state index in [0.29, 0.717) is 5.13 Å². The molecule has 2 aromatic rings. The molecule has 1 N–H and O–H groups in total. The van der Waals surface area contributed by atoms with Gasteiger partial charge in [0.25, 0.3) is 0 Å². The van der Waals surface area contributed by atoms with E-state index in [1.165, 1.54) is 22.5 Å². The monoisotopic (exact) mass is 312 g/mol. The summed E-state index contributed by atoms with van der Waals surface area (Å²) < 4.78 is 0. The summed E-state index contributed by atoms with van der Waals surface area (Å²) in [6, 6.07) is 6.33. The summed E-state index contributed by atoms with van der Waals surface area (Å²) in [4.78, 5) is 16.8. The number of aryl methyl sites for hydroxylation is 2. The maximum Gasteiger partial charge on any atom is 0.229 e. The number of hydrogen-bond acceptors (Lipinski definition) is 3. The lowest BCUT2D eigenvalue weighted by Gasteiger charge is -2.15. The number of rotatable bonds is 3. The van der Waals surface area contributed by atoms with Crippen molar-refractivity contribution in [1.29, 1.82) is 0 Å². The van der Waals surface area contributed by atoms with E-state index in [1.807, 2.05) is 5.38 Å². The molecule has 0 saturated carbocycles. The molecule has 0 saturated heterocycles. The van der Waals surface area contributed by atoms with Gasteiger partial charge < -0.3 is 5.32 Å². The smallest absolute Gasteiger partial charge is 0.229 e. The fourth-order valence-electron chi connectivity index (χ4n) is 2.60. The number of nitrogens with one attached hydrogen (secondary N) is 1. The quantitative estimate of drug-likeness (QED) is 0.833. The van der Waals surface area contributed by atoms with E-state index < -0.39 is 0 Å². The van der Waals surface area contributed by atoms with Crippen LogP contribution in [0.4, 0.5) is 5.13 Å². The number of aromatic nitrogens is 1. The average molecular weight is 312 g/mol. The van der Waals surface area contributed by atoms with Gasteiger partial charge in [0.05, 0.1) is 5.69 Å². The van der Waals surface area contributed by atoms with Crippen molar-refractivity contribution in [2.45, 2.75) is 33.1 Å². The Morgan fingerprint density at radius 2 is 2.14 bits per heavy atom. The van der Waals surface area contributed by atoms with Gasteiger partial charge >= 0.3 is 0 Å². The van der Waals surface area contributed by atoms with Crippen molar-refractivity contribution in [1.82, 2.24) is 4.98 Å². The second kappa shape index (κ2) is 6.44. The number of nitrogens with zero attached hydrogens (tertiary/aromatic N) is 1. The van der Waals surface area contributed by atoms with Crippen molar-refractivity contribution < 1.29 is 4.79 Å². The molecule has 0 bridgehead atoms. The number of benzene rings is 1. The lowest BCUT2D eigenvalue weighted by molar-refractivity contribution is -0.120. The van der Waals surface area contributed by atoms with Crippen LogP contribution in [-0.4, -0.2) is 10.9 Å².